The van der Waals surface area contributed by atoms with Gasteiger partial charge in [-0.2, -0.15) is 0 Å². The number of hydrogen-bond donors (Lipinski definition) is 1. The van der Waals surface area contributed by atoms with Crippen molar-refractivity contribution in [2.24, 2.45) is 0 Å². The number of carboxylic acids is 1. The second-order valence-electron chi connectivity index (χ2n) is 5.16. The predicted molar refractivity (Wildman–Crippen MR) is 72.5 cm³/mol. The molecule has 1 aromatic heterocycles. The standard InChI is InChI=1S/C15H16N2O3/c18-15(19)12-8-6-11(7-9-12)14-17-16-13(20-14)10-4-2-1-3-5-10/h6-10H,1-5H2,(H,18,19). The van der Waals surface area contributed by atoms with Crippen molar-refractivity contribution in [3.63, 3.8) is 0 Å². The number of hydrogen-bond acceptors (Lipinski definition) is 4. The van der Waals surface area contributed by atoms with Crippen LogP contribution in [0.25, 0.3) is 11.5 Å². The maximum Gasteiger partial charge on any atom is 0.335 e. The smallest absolute Gasteiger partial charge is 0.335 e. The van der Waals surface area contributed by atoms with Crippen LogP contribution in [0.2, 0.25) is 0 Å². The lowest BCUT2D eigenvalue weighted by molar-refractivity contribution is 0.0697. The largest absolute Gasteiger partial charge is 0.478 e. The molecule has 0 spiro atoms. The Morgan fingerprint density at radius 1 is 1.10 bits per heavy atom. The number of benzene rings is 1. The first-order valence-corrected chi connectivity index (χ1v) is 6.91. The zero-order chi connectivity index (χ0) is 13.9. The molecule has 3 rings (SSSR count). The van der Waals surface area contributed by atoms with Crippen LogP contribution in [0.15, 0.2) is 28.7 Å². The summed E-state index contributed by atoms with van der Waals surface area (Å²) in [6.45, 7) is 0. The second kappa shape index (κ2) is 5.45. The molecule has 0 unspecified atom stereocenters. The minimum atomic E-state index is -0.940. The van der Waals surface area contributed by atoms with E-state index in [0.29, 0.717) is 17.7 Å². The summed E-state index contributed by atoms with van der Waals surface area (Å²) < 4.78 is 5.74. The van der Waals surface area contributed by atoms with E-state index >= 15 is 0 Å². The number of aromatic nitrogens is 2. The van der Waals surface area contributed by atoms with Crippen molar-refractivity contribution in [1.29, 1.82) is 0 Å². The third-order valence-corrected chi connectivity index (χ3v) is 3.77. The highest BCUT2D eigenvalue weighted by atomic mass is 16.4. The van der Waals surface area contributed by atoms with Crippen molar-refractivity contribution in [2.45, 2.75) is 38.0 Å². The summed E-state index contributed by atoms with van der Waals surface area (Å²) >= 11 is 0. The van der Waals surface area contributed by atoms with E-state index in [2.05, 4.69) is 10.2 Å². The molecule has 0 amide bonds. The quantitative estimate of drug-likeness (QED) is 0.925. The SMILES string of the molecule is O=C(O)c1ccc(-c2nnc(C3CCCCC3)o2)cc1. The summed E-state index contributed by atoms with van der Waals surface area (Å²) in [6.07, 6.45) is 5.94. The minimum absolute atomic E-state index is 0.251. The molecule has 1 aliphatic rings. The van der Waals surface area contributed by atoms with Crippen LogP contribution in [0.4, 0.5) is 0 Å². The van der Waals surface area contributed by atoms with E-state index < -0.39 is 5.97 Å². The first-order valence-electron chi connectivity index (χ1n) is 6.91. The Bertz CT molecular complexity index is 598. The molecule has 2 aromatic rings. The highest BCUT2D eigenvalue weighted by Crippen LogP contribution is 2.33. The molecule has 20 heavy (non-hydrogen) atoms. The van der Waals surface area contributed by atoms with Gasteiger partial charge < -0.3 is 9.52 Å². The molecule has 0 radical (unpaired) electrons. The van der Waals surface area contributed by atoms with Crippen LogP contribution >= 0.6 is 0 Å². The van der Waals surface area contributed by atoms with Crippen molar-refractivity contribution in [2.75, 3.05) is 0 Å². The van der Waals surface area contributed by atoms with E-state index in [1.807, 2.05) is 0 Å². The Hall–Kier alpha value is -2.17. The molecule has 1 heterocycles. The monoisotopic (exact) mass is 272 g/mol. The molecule has 1 aliphatic carbocycles. The van der Waals surface area contributed by atoms with E-state index in [1.54, 1.807) is 24.3 Å². The molecule has 1 fully saturated rings. The Morgan fingerprint density at radius 3 is 2.45 bits per heavy atom. The van der Waals surface area contributed by atoms with E-state index in [4.69, 9.17) is 9.52 Å². The maximum absolute atomic E-state index is 10.8. The van der Waals surface area contributed by atoms with E-state index in [9.17, 15) is 4.79 Å². The zero-order valence-electron chi connectivity index (χ0n) is 11.1. The Kier molecular flexibility index (Phi) is 3.50. The van der Waals surface area contributed by atoms with Gasteiger partial charge in [0.1, 0.15) is 0 Å². The molecule has 5 heteroatoms. The van der Waals surface area contributed by atoms with Gasteiger partial charge in [-0.15, -0.1) is 10.2 Å². The van der Waals surface area contributed by atoms with E-state index in [0.717, 1.165) is 18.4 Å². The molecule has 0 aliphatic heterocycles. The van der Waals surface area contributed by atoms with Crippen LogP contribution in [-0.2, 0) is 0 Å². The van der Waals surface area contributed by atoms with Crippen LogP contribution in [0.1, 0.15) is 54.3 Å². The Labute approximate surface area is 116 Å². The van der Waals surface area contributed by atoms with Gasteiger partial charge in [-0.05, 0) is 37.1 Å². The van der Waals surface area contributed by atoms with Crippen LogP contribution in [0.3, 0.4) is 0 Å². The lowest BCUT2D eigenvalue weighted by Gasteiger charge is -2.17. The number of carboxylic acid groups (broad SMARTS) is 1. The fourth-order valence-electron chi connectivity index (χ4n) is 2.62. The normalized spacial score (nSPS) is 16.2. The summed E-state index contributed by atoms with van der Waals surface area (Å²) in [6, 6.07) is 6.48. The third-order valence-electron chi connectivity index (χ3n) is 3.77. The van der Waals surface area contributed by atoms with Crippen molar-refractivity contribution in [1.82, 2.24) is 10.2 Å². The van der Waals surface area contributed by atoms with Gasteiger partial charge in [-0.25, -0.2) is 4.79 Å². The first kappa shape index (κ1) is 12.8. The molecule has 0 saturated heterocycles. The summed E-state index contributed by atoms with van der Waals surface area (Å²) in [4.78, 5) is 10.8. The highest BCUT2D eigenvalue weighted by Gasteiger charge is 2.21. The Balaban J connectivity index is 1.80. The summed E-state index contributed by atoms with van der Waals surface area (Å²) in [7, 11) is 0. The topological polar surface area (TPSA) is 76.2 Å². The molecule has 5 nitrogen and oxygen atoms in total. The highest BCUT2D eigenvalue weighted by molar-refractivity contribution is 5.88. The van der Waals surface area contributed by atoms with Crippen molar-refractivity contribution in [3.8, 4) is 11.5 Å². The fraction of sp³-hybridized carbons (Fsp3) is 0.400. The number of nitrogens with zero attached hydrogens (tertiary/aromatic N) is 2. The summed E-state index contributed by atoms with van der Waals surface area (Å²) in [5, 5.41) is 17.1. The molecular formula is C15H16N2O3. The summed E-state index contributed by atoms with van der Waals surface area (Å²) in [5.74, 6) is 0.609. The van der Waals surface area contributed by atoms with Crippen molar-refractivity contribution in [3.05, 3.63) is 35.7 Å². The molecule has 0 atom stereocenters. The first-order chi connectivity index (χ1) is 9.74. The van der Waals surface area contributed by atoms with Gasteiger partial charge in [0.05, 0.1) is 5.56 Å². The van der Waals surface area contributed by atoms with Gasteiger partial charge in [0.15, 0.2) is 0 Å². The van der Waals surface area contributed by atoms with Crippen LogP contribution in [0, 0.1) is 0 Å². The number of rotatable bonds is 3. The lowest BCUT2D eigenvalue weighted by Crippen LogP contribution is -2.04. The van der Waals surface area contributed by atoms with Gasteiger partial charge in [0.2, 0.25) is 11.8 Å². The second-order valence-corrected chi connectivity index (χ2v) is 5.16. The number of aromatic carboxylic acids is 1. The Morgan fingerprint density at radius 2 is 1.80 bits per heavy atom. The third kappa shape index (κ3) is 2.57. The zero-order valence-corrected chi connectivity index (χ0v) is 11.1. The lowest BCUT2D eigenvalue weighted by atomic mass is 9.89. The predicted octanol–water partition coefficient (Wildman–Crippen LogP) is 3.48. The van der Waals surface area contributed by atoms with Crippen LogP contribution in [0.5, 0.6) is 0 Å². The number of carbonyl (C=O) groups is 1. The maximum atomic E-state index is 10.8. The molecule has 104 valence electrons. The fourth-order valence-corrected chi connectivity index (χ4v) is 2.62. The van der Waals surface area contributed by atoms with Crippen LogP contribution in [-0.4, -0.2) is 21.3 Å². The van der Waals surface area contributed by atoms with Crippen molar-refractivity contribution >= 4 is 5.97 Å². The van der Waals surface area contributed by atoms with Gasteiger partial charge in [-0.1, -0.05) is 19.3 Å². The molecular weight excluding hydrogens is 256 g/mol. The molecule has 0 bridgehead atoms. The molecule has 1 aromatic carbocycles. The molecule has 1 saturated carbocycles. The average molecular weight is 272 g/mol. The van der Waals surface area contributed by atoms with Gasteiger partial charge in [0, 0.05) is 11.5 Å². The van der Waals surface area contributed by atoms with Gasteiger partial charge in [0.25, 0.3) is 0 Å². The van der Waals surface area contributed by atoms with Crippen molar-refractivity contribution < 1.29 is 14.3 Å². The molecule has 1 N–H and O–H groups in total. The van der Waals surface area contributed by atoms with E-state index in [1.165, 1.54) is 19.3 Å². The van der Waals surface area contributed by atoms with Crippen LogP contribution < -0.4 is 0 Å². The minimum Gasteiger partial charge on any atom is -0.478 e. The average Bonchev–Trinajstić information content (AvgIpc) is 2.98. The van der Waals surface area contributed by atoms with Gasteiger partial charge >= 0.3 is 5.97 Å². The van der Waals surface area contributed by atoms with Gasteiger partial charge in [-0.3, -0.25) is 0 Å². The summed E-state index contributed by atoms with van der Waals surface area (Å²) in [5.41, 5.74) is 1.00. The van der Waals surface area contributed by atoms with E-state index in [-0.39, 0.29) is 5.56 Å².